The summed E-state index contributed by atoms with van der Waals surface area (Å²) in [7, 11) is 0. The van der Waals surface area contributed by atoms with Gasteiger partial charge in [0.1, 0.15) is 5.82 Å². The van der Waals surface area contributed by atoms with Gasteiger partial charge in [-0.2, -0.15) is 0 Å². The van der Waals surface area contributed by atoms with Crippen molar-refractivity contribution in [2.24, 2.45) is 0 Å². The zero-order valence-electron chi connectivity index (χ0n) is 11.2. The van der Waals surface area contributed by atoms with Crippen molar-refractivity contribution < 1.29 is 9.18 Å². The van der Waals surface area contributed by atoms with Crippen LogP contribution in [0.15, 0.2) is 18.2 Å². The Kier molecular flexibility index (Phi) is 5.62. The van der Waals surface area contributed by atoms with Gasteiger partial charge in [-0.15, -0.1) is 0 Å². The van der Waals surface area contributed by atoms with Gasteiger partial charge >= 0.3 is 0 Å². The summed E-state index contributed by atoms with van der Waals surface area (Å²) in [5, 5.41) is 5.83. The molecule has 100 valence electrons. The molecule has 0 saturated heterocycles. The molecule has 1 aromatic rings. The average Bonchev–Trinajstić information content (AvgIpc) is 2.37. The first-order valence-electron chi connectivity index (χ1n) is 6.36. The molecule has 0 saturated carbocycles. The van der Waals surface area contributed by atoms with Crippen molar-refractivity contribution in [2.75, 3.05) is 11.9 Å². The minimum atomic E-state index is -0.264. The predicted molar refractivity (Wildman–Crippen MR) is 72.1 cm³/mol. The van der Waals surface area contributed by atoms with Crippen LogP contribution in [0.3, 0.4) is 0 Å². The molecule has 0 aromatic heterocycles. The number of rotatable bonds is 6. The van der Waals surface area contributed by atoms with Crippen LogP contribution in [0.25, 0.3) is 0 Å². The Labute approximate surface area is 108 Å². The first-order valence-corrected chi connectivity index (χ1v) is 6.36. The van der Waals surface area contributed by atoms with Crippen molar-refractivity contribution in [3.63, 3.8) is 0 Å². The van der Waals surface area contributed by atoms with Gasteiger partial charge in [0.2, 0.25) is 5.91 Å². The Bertz CT molecular complexity index is 403. The first kappa shape index (κ1) is 14.5. The molecular formula is C14H21FN2O. The molecule has 1 rings (SSSR count). The van der Waals surface area contributed by atoms with Crippen molar-refractivity contribution >= 4 is 11.6 Å². The number of nitrogens with one attached hydrogen (secondary N) is 2. The second-order valence-electron chi connectivity index (χ2n) is 4.40. The Morgan fingerprint density at radius 3 is 2.56 bits per heavy atom. The zero-order valence-corrected chi connectivity index (χ0v) is 11.2. The van der Waals surface area contributed by atoms with Gasteiger partial charge in [-0.05, 0) is 37.5 Å². The van der Waals surface area contributed by atoms with Crippen LogP contribution in [-0.4, -0.2) is 18.5 Å². The second-order valence-corrected chi connectivity index (χ2v) is 4.40. The van der Waals surface area contributed by atoms with E-state index in [0.717, 1.165) is 12.8 Å². The maximum absolute atomic E-state index is 13.3. The van der Waals surface area contributed by atoms with Crippen molar-refractivity contribution in [1.82, 2.24) is 5.32 Å². The van der Waals surface area contributed by atoms with E-state index < -0.39 is 0 Å². The average molecular weight is 252 g/mol. The van der Waals surface area contributed by atoms with E-state index in [9.17, 15) is 9.18 Å². The van der Waals surface area contributed by atoms with Crippen molar-refractivity contribution in [3.05, 3.63) is 29.6 Å². The molecular weight excluding hydrogens is 231 g/mol. The Hall–Kier alpha value is -1.58. The van der Waals surface area contributed by atoms with Crippen LogP contribution in [0.1, 0.15) is 32.3 Å². The van der Waals surface area contributed by atoms with E-state index in [1.54, 1.807) is 19.1 Å². The van der Waals surface area contributed by atoms with Gasteiger partial charge in [-0.3, -0.25) is 4.79 Å². The maximum atomic E-state index is 13.3. The molecule has 2 N–H and O–H groups in total. The number of hydrogen-bond acceptors (Lipinski definition) is 2. The van der Waals surface area contributed by atoms with Crippen LogP contribution >= 0.6 is 0 Å². The van der Waals surface area contributed by atoms with E-state index in [-0.39, 0.29) is 24.3 Å². The molecule has 0 unspecified atom stereocenters. The first-order chi connectivity index (χ1) is 8.56. The number of hydrogen-bond donors (Lipinski definition) is 2. The largest absolute Gasteiger partial charge is 0.376 e. The summed E-state index contributed by atoms with van der Waals surface area (Å²) < 4.78 is 13.3. The smallest absolute Gasteiger partial charge is 0.239 e. The van der Waals surface area contributed by atoms with Crippen LogP contribution in [0.5, 0.6) is 0 Å². The number of aryl methyl sites for hydroxylation is 1. The highest BCUT2D eigenvalue weighted by Gasteiger charge is 2.08. The Morgan fingerprint density at radius 1 is 1.33 bits per heavy atom. The third-order valence-corrected chi connectivity index (χ3v) is 2.98. The SMILES string of the molecule is CCC(CC)NC(=O)CNc1ccc(C)c(F)c1. The minimum absolute atomic E-state index is 0.0651. The number of halogens is 1. The molecule has 0 fully saturated rings. The van der Waals surface area contributed by atoms with Crippen LogP contribution in [0.4, 0.5) is 10.1 Å². The van der Waals surface area contributed by atoms with Crippen LogP contribution in [0.2, 0.25) is 0 Å². The molecule has 4 heteroatoms. The monoisotopic (exact) mass is 252 g/mol. The maximum Gasteiger partial charge on any atom is 0.239 e. The van der Waals surface area contributed by atoms with Crippen LogP contribution in [0, 0.1) is 12.7 Å². The zero-order chi connectivity index (χ0) is 13.5. The third-order valence-electron chi connectivity index (χ3n) is 2.98. The molecule has 1 amide bonds. The molecule has 0 heterocycles. The number of carbonyl (C=O) groups excluding carboxylic acids is 1. The van der Waals surface area contributed by atoms with Crippen LogP contribution in [-0.2, 0) is 4.79 Å². The standard InChI is InChI=1S/C14H21FN2O/c1-4-11(5-2)17-14(18)9-16-12-7-6-10(3)13(15)8-12/h6-8,11,16H,4-5,9H2,1-3H3,(H,17,18). The van der Waals surface area contributed by atoms with Gasteiger partial charge in [-0.25, -0.2) is 4.39 Å². The summed E-state index contributed by atoms with van der Waals surface area (Å²) >= 11 is 0. The van der Waals surface area contributed by atoms with Gasteiger partial charge in [0.25, 0.3) is 0 Å². The highest BCUT2D eigenvalue weighted by Crippen LogP contribution is 2.13. The summed E-state index contributed by atoms with van der Waals surface area (Å²) in [5.74, 6) is -0.329. The van der Waals surface area contributed by atoms with Crippen molar-refractivity contribution in [1.29, 1.82) is 0 Å². The Balaban J connectivity index is 2.44. The molecule has 3 nitrogen and oxygen atoms in total. The lowest BCUT2D eigenvalue weighted by atomic mass is 10.2. The molecule has 0 aliphatic rings. The number of carbonyl (C=O) groups is 1. The molecule has 18 heavy (non-hydrogen) atoms. The highest BCUT2D eigenvalue weighted by atomic mass is 19.1. The number of benzene rings is 1. The van der Waals surface area contributed by atoms with Crippen molar-refractivity contribution in [2.45, 2.75) is 39.7 Å². The number of amides is 1. The van der Waals surface area contributed by atoms with Gasteiger partial charge < -0.3 is 10.6 Å². The molecule has 0 atom stereocenters. The molecule has 0 aliphatic carbocycles. The van der Waals surface area contributed by atoms with E-state index in [2.05, 4.69) is 10.6 Å². The fraction of sp³-hybridized carbons (Fsp3) is 0.500. The summed E-state index contributed by atoms with van der Waals surface area (Å²) in [6, 6.07) is 5.08. The fourth-order valence-corrected chi connectivity index (χ4v) is 1.66. The van der Waals surface area contributed by atoms with E-state index >= 15 is 0 Å². The summed E-state index contributed by atoms with van der Waals surface area (Å²) in [6.07, 6.45) is 1.84. The molecule has 1 aromatic carbocycles. The quantitative estimate of drug-likeness (QED) is 0.817. The topological polar surface area (TPSA) is 41.1 Å². The molecule has 0 radical (unpaired) electrons. The number of anilines is 1. The third kappa shape index (κ3) is 4.35. The van der Waals surface area contributed by atoms with E-state index in [1.165, 1.54) is 6.07 Å². The van der Waals surface area contributed by atoms with E-state index in [1.807, 2.05) is 13.8 Å². The van der Waals surface area contributed by atoms with Gasteiger partial charge in [0, 0.05) is 11.7 Å². The summed E-state index contributed by atoms with van der Waals surface area (Å²) in [4.78, 5) is 11.6. The molecule has 0 aliphatic heterocycles. The molecule has 0 bridgehead atoms. The lowest BCUT2D eigenvalue weighted by molar-refractivity contribution is -0.120. The normalized spacial score (nSPS) is 10.5. The second kappa shape index (κ2) is 6.99. The van der Waals surface area contributed by atoms with Gasteiger partial charge in [0.05, 0.1) is 6.54 Å². The van der Waals surface area contributed by atoms with Crippen molar-refractivity contribution in [3.8, 4) is 0 Å². The fourth-order valence-electron chi connectivity index (χ4n) is 1.66. The van der Waals surface area contributed by atoms with E-state index in [4.69, 9.17) is 0 Å². The summed E-state index contributed by atoms with van der Waals surface area (Å²) in [5.41, 5.74) is 1.22. The minimum Gasteiger partial charge on any atom is -0.376 e. The molecule has 0 spiro atoms. The highest BCUT2D eigenvalue weighted by molar-refractivity contribution is 5.80. The lowest BCUT2D eigenvalue weighted by Crippen LogP contribution is -2.37. The summed E-state index contributed by atoms with van der Waals surface area (Å²) in [6.45, 7) is 5.95. The van der Waals surface area contributed by atoms with Crippen LogP contribution < -0.4 is 10.6 Å². The Morgan fingerprint density at radius 2 is 2.00 bits per heavy atom. The van der Waals surface area contributed by atoms with Gasteiger partial charge in [-0.1, -0.05) is 19.9 Å². The predicted octanol–water partition coefficient (Wildman–Crippen LogP) is 2.85. The van der Waals surface area contributed by atoms with E-state index in [0.29, 0.717) is 11.3 Å². The lowest BCUT2D eigenvalue weighted by Gasteiger charge is -2.15. The van der Waals surface area contributed by atoms with Gasteiger partial charge in [0.15, 0.2) is 0 Å².